The standard InChI is InChI=1S/C21H26NO6P/c1-2-27-21(25)22-19(14-13-17-9-5-3-6-10-17)29(26,16-20(23)24)28-15-18-11-7-4-8-12-18/h3-12,19H,2,13-16H2,1H3,(H,22,25)(H,23,24). The van der Waals surface area contributed by atoms with Crippen LogP contribution < -0.4 is 5.32 Å². The Balaban J connectivity index is 2.21. The van der Waals surface area contributed by atoms with E-state index in [0.717, 1.165) is 11.1 Å². The minimum atomic E-state index is -3.78. The summed E-state index contributed by atoms with van der Waals surface area (Å²) < 4.78 is 24.2. The molecular formula is C21H26NO6P. The SMILES string of the molecule is CCOC(=O)NC(CCc1ccccc1)P(=O)(CC(=O)O)OCc1ccccc1. The van der Waals surface area contributed by atoms with Crippen molar-refractivity contribution >= 4 is 19.4 Å². The number of carbonyl (C=O) groups is 2. The van der Waals surface area contributed by atoms with Gasteiger partial charge in [0.15, 0.2) is 0 Å². The van der Waals surface area contributed by atoms with Gasteiger partial charge in [-0.15, -0.1) is 0 Å². The maximum atomic E-state index is 13.6. The minimum Gasteiger partial charge on any atom is -0.481 e. The van der Waals surface area contributed by atoms with E-state index in [1.165, 1.54) is 0 Å². The number of alkyl carbamates (subject to hydrolysis) is 1. The van der Waals surface area contributed by atoms with E-state index in [1.54, 1.807) is 19.1 Å². The lowest BCUT2D eigenvalue weighted by Crippen LogP contribution is -2.37. The molecule has 0 aliphatic rings. The zero-order valence-electron chi connectivity index (χ0n) is 16.3. The number of carbonyl (C=O) groups excluding carboxylic acids is 1. The van der Waals surface area contributed by atoms with Crippen molar-refractivity contribution in [1.29, 1.82) is 0 Å². The average Bonchev–Trinajstić information content (AvgIpc) is 2.71. The molecule has 2 atom stereocenters. The van der Waals surface area contributed by atoms with Gasteiger partial charge in [-0.3, -0.25) is 9.36 Å². The van der Waals surface area contributed by atoms with E-state index in [0.29, 0.717) is 6.42 Å². The lowest BCUT2D eigenvalue weighted by molar-refractivity contribution is -0.134. The fourth-order valence-electron chi connectivity index (χ4n) is 2.82. The topological polar surface area (TPSA) is 102 Å². The van der Waals surface area contributed by atoms with Crippen LogP contribution in [0.4, 0.5) is 4.79 Å². The van der Waals surface area contributed by atoms with Crippen LogP contribution >= 0.6 is 7.37 Å². The Labute approximate surface area is 170 Å². The van der Waals surface area contributed by atoms with Crippen molar-refractivity contribution in [3.8, 4) is 0 Å². The zero-order valence-corrected chi connectivity index (χ0v) is 17.2. The van der Waals surface area contributed by atoms with E-state index in [-0.39, 0.29) is 19.6 Å². The molecule has 0 heterocycles. The second-order valence-electron chi connectivity index (χ2n) is 6.44. The summed E-state index contributed by atoms with van der Waals surface area (Å²) in [6.45, 7) is 1.78. The van der Waals surface area contributed by atoms with Crippen LogP contribution in [-0.4, -0.2) is 35.7 Å². The summed E-state index contributed by atoms with van der Waals surface area (Å²) in [7, 11) is -3.78. The summed E-state index contributed by atoms with van der Waals surface area (Å²) in [5, 5.41) is 11.9. The molecule has 0 spiro atoms. The van der Waals surface area contributed by atoms with Crippen LogP contribution in [0.15, 0.2) is 60.7 Å². The number of aliphatic carboxylic acids is 1. The molecule has 2 aromatic carbocycles. The highest BCUT2D eigenvalue weighted by Crippen LogP contribution is 2.53. The van der Waals surface area contributed by atoms with E-state index >= 15 is 0 Å². The van der Waals surface area contributed by atoms with Gasteiger partial charge < -0.3 is 19.7 Å². The van der Waals surface area contributed by atoms with Gasteiger partial charge in [0.25, 0.3) is 0 Å². The Morgan fingerprint density at radius 1 is 1.03 bits per heavy atom. The summed E-state index contributed by atoms with van der Waals surface area (Å²) in [6.07, 6.45) is -0.691. The predicted molar refractivity (Wildman–Crippen MR) is 110 cm³/mol. The Morgan fingerprint density at radius 3 is 2.17 bits per heavy atom. The maximum absolute atomic E-state index is 13.6. The Morgan fingerprint density at radius 2 is 1.62 bits per heavy atom. The van der Waals surface area contributed by atoms with Crippen molar-refractivity contribution in [1.82, 2.24) is 5.32 Å². The second-order valence-corrected chi connectivity index (χ2v) is 9.09. The van der Waals surface area contributed by atoms with Gasteiger partial charge in [-0.1, -0.05) is 60.7 Å². The number of hydrogen-bond donors (Lipinski definition) is 2. The number of carboxylic acid groups (broad SMARTS) is 1. The van der Waals surface area contributed by atoms with Crippen LogP contribution in [0.1, 0.15) is 24.5 Å². The number of ether oxygens (including phenoxy) is 1. The highest BCUT2D eigenvalue weighted by Gasteiger charge is 2.38. The molecule has 7 nitrogen and oxygen atoms in total. The lowest BCUT2D eigenvalue weighted by Gasteiger charge is -2.27. The summed E-state index contributed by atoms with van der Waals surface area (Å²) in [5.74, 6) is -2.24. The number of aryl methyl sites for hydroxylation is 1. The number of hydrogen-bond acceptors (Lipinski definition) is 5. The molecule has 0 aliphatic heterocycles. The first-order chi connectivity index (χ1) is 13.9. The summed E-state index contributed by atoms with van der Waals surface area (Å²) in [5.41, 5.74) is 1.74. The number of rotatable bonds is 11. The minimum absolute atomic E-state index is 0.0161. The second kappa shape index (κ2) is 11.4. The summed E-state index contributed by atoms with van der Waals surface area (Å²) >= 11 is 0. The first kappa shape index (κ1) is 22.7. The largest absolute Gasteiger partial charge is 0.481 e. The molecule has 8 heteroatoms. The fourth-order valence-corrected chi connectivity index (χ4v) is 4.88. The van der Waals surface area contributed by atoms with Crippen molar-refractivity contribution in [2.75, 3.05) is 12.8 Å². The number of benzene rings is 2. The molecule has 0 saturated heterocycles. The van der Waals surface area contributed by atoms with Crippen LogP contribution in [0.3, 0.4) is 0 Å². The van der Waals surface area contributed by atoms with Gasteiger partial charge in [0.05, 0.1) is 13.2 Å². The fraction of sp³-hybridized carbons (Fsp3) is 0.333. The molecule has 0 fully saturated rings. The number of nitrogens with one attached hydrogen (secondary N) is 1. The molecule has 0 saturated carbocycles. The van der Waals surface area contributed by atoms with Crippen LogP contribution in [0, 0.1) is 0 Å². The van der Waals surface area contributed by atoms with Crippen molar-refractivity contribution in [2.45, 2.75) is 32.2 Å². The molecule has 2 N–H and O–H groups in total. The van der Waals surface area contributed by atoms with Crippen molar-refractivity contribution < 1.29 is 28.5 Å². The van der Waals surface area contributed by atoms with Crippen LogP contribution in [0.25, 0.3) is 0 Å². The average molecular weight is 419 g/mol. The first-order valence-electron chi connectivity index (χ1n) is 9.39. The van der Waals surface area contributed by atoms with E-state index in [9.17, 15) is 19.3 Å². The molecule has 0 aromatic heterocycles. The molecule has 29 heavy (non-hydrogen) atoms. The van der Waals surface area contributed by atoms with Gasteiger partial charge in [0, 0.05) is 0 Å². The molecule has 2 aromatic rings. The van der Waals surface area contributed by atoms with Crippen LogP contribution in [0.2, 0.25) is 0 Å². The van der Waals surface area contributed by atoms with E-state index in [4.69, 9.17) is 9.26 Å². The normalized spacial score (nSPS) is 13.8. The van der Waals surface area contributed by atoms with E-state index in [2.05, 4.69) is 5.32 Å². The molecule has 0 radical (unpaired) electrons. The maximum Gasteiger partial charge on any atom is 0.407 e. The molecule has 1 amide bonds. The number of amides is 1. The molecule has 2 rings (SSSR count). The molecule has 2 unspecified atom stereocenters. The van der Waals surface area contributed by atoms with Gasteiger partial charge in [0.2, 0.25) is 7.37 Å². The third-order valence-corrected chi connectivity index (χ3v) is 6.85. The van der Waals surface area contributed by atoms with Gasteiger partial charge in [-0.25, -0.2) is 4.79 Å². The number of carboxylic acids is 1. The third kappa shape index (κ3) is 7.72. The quantitative estimate of drug-likeness (QED) is 0.528. The summed E-state index contributed by atoms with van der Waals surface area (Å²) in [6, 6.07) is 18.5. The highest BCUT2D eigenvalue weighted by molar-refractivity contribution is 7.60. The van der Waals surface area contributed by atoms with Crippen molar-refractivity contribution in [3.63, 3.8) is 0 Å². The van der Waals surface area contributed by atoms with Crippen molar-refractivity contribution in [3.05, 3.63) is 71.8 Å². The molecule has 156 valence electrons. The first-order valence-corrected chi connectivity index (χ1v) is 11.3. The van der Waals surface area contributed by atoms with Gasteiger partial charge in [-0.05, 0) is 30.9 Å². The van der Waals surface area contributed by atoms with Gasteiger partial charge in [-0.2, -0.15) is 0 Å². The van der Waals surface area contributed by atoms with E-state index in [1.807, 2.05) is 48.5 Å². The van der Waals surface area contributed by atoms with Crippen molar-refractivity contribution in [2.24, 2.45) is 0 Å². The highest BCUT2D eigenvalue weighted by atomic mass is 31.2. The van der Waals surface area contributed by atoms with Gasteiger partial charge in [0.1, 0.15) is 11.9 Å². The smallest absolute Gasteiger partial charge is 0.407 e. The lowest BCUT2D eigenvalue weighted by atomic mass is 10.1. The third-order valence-electron chi connectivity index (χ3n) is 4.23. The Bertz CT molecular complexity index is 828. The van der Waals surface area contributed by atoms with E-state index < -0.39 is 31.4 Å². The Hall–Kier alpha value is -2.63. The van der Waals surface area contributed by atoms with Crippen LogP contribution in [0.5, 0.6) is 0 Å². The molecular weight excluding hydrogens is 393 g/mol. The summed E-state index contributed by atoms with van der Waals surface area (Å²) in [4.78, 5) is 23.4. The predicted octanol–water partition coefficient (Wildman–Crippen LogP) is 4.27. The monoisotopic (exact) mass is 419 g/mol. The van der Waals surface area contributed by atoms with Gasteiger partial charge >= 0.3 is 12.1 Å². The molecule has 0 bridgehead atoms. The Kier molecular flexibility index (Phi) is 8.90. The molecule has 0 aliphatic carbocycles. The van der Waals surface area contributed by atoms with Crippen LogP contribution in [-0.2, 0) is 31.6 Å². The zero-order chi connectivity index (χ0) is 21.1.